The molecule has 3 heterocycles. The van der Waals surface area contributed by atoms with Gasteiger partial charge in [0.1, 0.15) is 5.82 Å². The molecule has 22 heavy (non-hydrogen) atoms. The van der Waals surface area contributed by atoms with Gasteiger partial charge in [0.05, 0.1) is 6.61 Å². The molecule has 2 aliphatic heterocycles. The van der Waals surface area contributed by atoms with Crippen LogP contribution in [-0.2, 0) is 4.74 Å². The van der Waals surface area contributed by atoms with Crippen molar-refractivity contribution in [3.63, 3.8) is 0 Å². The Kier molecular flexibility index (Phi) is 5.28. The Hall–Kier alpha value is -1.17. The van der Waals surface area contributed by atoms with Gasteiger partial charge in [0, 0.05) is 50.5 Å². The molecule has 0 aromatic carbocycles. The van der Waals surface area contributed by atoms with Crippen molar-refractivity contribution in [2.45, 2.75) is 31.7 Å². The van der Waals surface area contributed by atoms with E-state index >= 15 is 0 Å². The summed E-state index contributed by atoms with van der Waals surface area (Å²) in [5.74, 6) is 1.08. The van der Waals surface area contributed by atoms with Crippen molar-refractivity contribution in [2.24, 2.45) is 5.41 Å². The van der Waals surface area contributed by atoms with Crippen molar-refractivity contribution >= 4 is 5.82 Å². The van der Waals surface area contributed by atoms with E-state index in [4.69, 9.17) is 4.74 Å². The van der Waals surface area contributed by atoms with E-state index in [1.165, 1.54) is 0 Å². The second-order valence-electron chi connectivity index (χ2n) is 6.60. The van der Waals surface area contributed by atoms with Crippen molar-refractivity contribution < 1.29 is 9.84 Å². The van der Waals surface area contributed by atoms with Crippen molar-refractivity contribution in [2.75, 3.05) is 44.4 Å². The number of aliphatic hydroxyl groups is 1. The number of hydrogen-bond donors (Lipinski definition) is 2. The van der Waals surface area contributed by atoms with Gasteiger partial charge in [0.15, 0.2) is 0 Å². The number of anilines is 1. The zero-order valence-corrected chi connectivity index (χ0v) is 13.2. The first-order chi connectivity index (χ1) is 10.8. The van der Waals surface area contributed by atoms with E-state index in [-0.39, 0.29) is 12.0 Å². The van der Waals surface area contributed by atoms with Crippen molar-refractivity contribution in [3.05, 3.63) is 24.4 Å². The number of nitrogens with one attached hydrogen (secondary N) is 1. The fourth-order valence-corrected chi connectivity index (χ4v) is 3.41. The zero-order chi connectivity index (χ0) is 15.3. The second-order valence-corrected chi connectivity index (χ2v) is 6.60. The lowest BCUT2D eigenvalue weighted by Gasteiger charge is -2.39. The maximum atomic E-state index is 9.75. The third-order valence-corrected chi connectivity index (χ3v) is 5.12. The lowest BCUT2D eigenvalue weighted by Crippen LogP contribution is -2.48. The summed E-state index contributed by atoms with van der Waals surface area (Å²) in [7, 11) is 0. The largest absolute Gasteiger partial charge is 0.396 e. The number of hydrogen-bond acceptors (Lipinski definition) is 5. The van der Waals surface area contributed by atoms with E-state index in [0.29, 0.717) is 6.04 Å². The number of nitrogens with zero attached hydrogens (tertiary/aromatic N) is 2. The molecule has 0 unspecified atom stereocenters. The maximum Gasteiger partial charge on any atom is 0.128 e. The first-order valence-corrected chi connectivity index (χ1v) is 8.39. The Balaban J connectivity index is 1.46. The highest BCUT2D eigenvalue weighted by atomic mass is 16.5. The molecule has 5 nitrogen and oxygen atoms in total. The van der Waals surface area contributed by atoms with Crippen LogP contribution in [0, 0.1) is 5.41 Å². The standard InChI is InChI=1S/C17H27N3O2/c21-14-17(6-11-22-12-7-17)13-19-15-4-9-20(10-5-15)16-3-1-2-8-18-16/h1-3,8,15,19,21H,4-7,9-14H2. The minimum Gasteiger partial charge on any atom is -0.396 e. The predicted molar refractivity (Wildman–Crippen MR) is 87.0 cm³/mol. The molecule has 1 aromatic heterocycles. The molecule has 0 amide bonds. The van der Waals surface area contributed by atoms with Gasteiger partial charge in [-0.1, -0.05) is 6.07 Å². The molecule has 2 fully saturated rings. The Labute approximate surface area is 132 Å². The van der Waals surface area contributed by atoms with E-state index in [9.17, 15) is 5.11 Å². The highest BCUT2D eigenvalue weighted by molar-refractivity contribution is 5.38. The van der Waals surface area contributed by atoms with Gasteiger partial charge in [-0.05, 0) is 37.8 Å². The van der Waals surface area contributed by atoms with Crippen LogP contribution in [0.25, 0.3) is 0 Å². The van der Waals surface area contributed by atoms with Crippen LogP contribution in [0.4, 0.5) is 5.82 Å². The molecule has 5 heteroatoms. The molecule has 122 valence electrons. The monoisotopic (exact) mass is 305 g/mol. The lowest BCUT2D eigenvalue weighted by molar-refractivity contribution is -0.0168. The predicted octanol–water partition coefficient (Wildman–Crippen LogP) is 1.43. The molecule has 0 saturated carbocycles. The molecule has 0 bridgehead atoms. The minimum absolute atomic E-state index is 0.0242. The van der Waals surface area contributed by atoms with Gasteiger partial charge < -0.3 is 20.1 Å². The highest BCUT2D eigenvalue weighted by Crippen LogP contribution is 2.29. The average molecular weight is 305 g/mol. The molecule has 2 N–H and O–H groups in total. The number of aromatic nitrogens is 1. The first kappa shape index (κ1) is 15.7. The van der Waals surface area contributed by atoms with Gasteiger partial charge in [0.25, 0.3) is 0 Å². The number of piperidine rings is 1. The molecule has 0 atom stereocenters. The number of ether oxygens (including phenoxy) is 1. The molecule has 0 aliphatic carbocycles. The Morgan fingerprint density at radius 3 is 2.68 bits per heavy atom. The Bertz CT molecular complexity index is 440. The molecule has 0 spiro atoms. The van der Waals surface area contributed by atoms with Crippen molar-refractivity contribution in [3.8, 4) is 0 Å². The molecule has 2 aliphatic rings. The minimum atomic E-state index is 0.0242. The number of aliphatic hydroxyl groups excluding tert-OH is 1. The van der Waals surface area contributed by atoms with Gasteiger partial charge in [-0.15, -0.1) is 0 Å². The summed E-state index contributed by atoms with van der Waals surface area (Å²) in [6.07, 6.45) is 6.05. The lowest BCUT2D eigenvalue weighted by atomic mass is 9.80. The summed E-state index contributed by atoms with van der Waals surface area (Å²) in [4.78, 5) is 6.79. The molecular formula is C17H27N3O2. The first-order valence-electron chi connectivity index (χ1n) is 8.39. The molecular weight excluding hydrogens is 278 g/mol. The van der Waals surface area contributed by atoms with Crippen LogP contribution < -0.4 is 10.2 Å². The van der Waals surface area contributed by atoms with Crippen LogP contribution in [-0.4, -0.2) is 55.6 Å². The summed E-state index contributed by atoms with van der Waals surface area (Å²) >= 11 is 0. The fourth-order valence-electron chi connectivity index (χ4n) is 3.41. The van der Waals surface area contributed by atoms with Crippen molar-refractivity contribution in [1.82, 2.24) is 10.3 Å². The summed E-state index contributed by atoms with van der Waals surface area (Å²) < 4.78 is 5.43. The molecule has 0 radical (unpaired) electrons. The molecule has 2 saturated heterocycles. The summed E-state index contributed by atoms with van der Waals surface area (Å²) in [5.41, 5.74) is 0.0242. The smallest absolute Gasteiger partial charge is 0.128 e. The van der Waals surface area contributed by atoms with Gasteiger partial charge in [0.2, 0.25) is 0 Å². The second kappa shape index (κ2) is 7.40. The van der Waals surface area contributed by atoms with Crippen LogP contribution in [0.2, 0.25) is 0 Å². The van der Waals surface area contributed by atoms with E-state index in [0.717, 1.165) is 64.3 Å². The molecule has 3 rings (SSSR count). The number of pyridine rings is 1. The zero-order valence-electron chi connectivity index (χ0n) is 13.2. The van der Waals surface area contributed by atoms with E-state index in [1.54, 1.807) is 0 Å². The van der Waals surface area contributed by atoms with E-state index in [2.05, 4.69) is 21.3 Å². The van der Waals surface area contributed by atoms with Crippen molar-refractivity contribution in [1.29, 1.82) is 0 Å². The van der Waals surface area contributed by atoms with Crippen LogP contribution in [0.1, 0.15) is 25.7 Å². The summed E-state index contributed by atoms with van der Waals surface area (Å²) in [6.45, 7) is 4.81. The van der Waals surface area contributed by atoms with Gasteiger partial charge >= 0.3 is 0 Å². The summed E-state index contributed by atoms with van der Waals surface area (Å²) in [5, 5.41) is 13.4. The normalized spacial score (nSPS) is 22.7. The highest BCUT2D eigenvalue weighted by Gasteiger charge is 2.32. The third-order valence-electron chi connectivity index (χ3n) is 5.12. The number of rotatable bonds is 5. The van der Waals surface area contributed by atoms with Gasteiger partial charge in [-0.25, -0.2) is 4.98 Å². The Morgan fingerprint density at radius 1 is 1.27 bits per heavy atom. The fraction of sp³-hybridized carbons (Fsp3) is 0.706. The van der Waals surface area contributed by atoms with Crippen LogP contribution in [0.15, 0.2) is 24.4 Å². The third kappa shape index (κ3) is 3.77. The average Bonchev–Trinajstić information content (AvgIpc) is 2.62. The van der Waals surface area contributed by atoms with E-state index < -0.39 is 0 Å². The van der Waals surface area contributed by atoms with Crippen LogP contribution in [0.5, 0.6) is 0 Å². The van der Waals surface area contributed by atoms with Crippen LogP contribution >= 0.6 is 0 Å². The maximum absolute atomic E-state index is 9.75. The van der Waals surface area contributed by atoms with Crippen LogP contribution in [0.3, 0.4) is 0 Å². The summed E-state index contributed by atoms with van der Waals surface area (Å²) in [6, 6.07) is 6.63. The van der Waals surface area contributed by atoms with Gasteiger partial charge in [-0.2, -0.15) is 0 Å². The van der Waals surface area contributed by atoms with E-state index in [1.807, 2.05) is 18.3 Å². The topological polar surface area (TPSA) is 57.6 Å². The quantitative estimate of drug-likeness (QED) is 0.862. The van der Waals surface area contributed by atoms with Gasteiger partial charge in [-0.3, -0.25) is 0 Å². The molecule has 1 aromatic rings. The SMILES string of the molecule is OCC1(CNC2CCN(c3ccccn3)CC2)CCOCC1. The Morgan fingerprint density at radius 2 is 2.05 bits per heavy atom.